The van der Waals surface area contributed by atoms with Crippen molar-refractivity contribution in [2.75, 3.05) is 5.43 Å². The van der Waals surface area contributed by atoms with Crippen LogP contribution in [-0.2, 0) is 4.79 Å². The molecule has 0 spiro atoms. The van der Waals surface area contributed by atoms with E-state index in [1.807, 2.05) is 0 Å². The molecule has 1 amide bonds. The number of anilines is 1. The van der Waals surface area contributed by atoms with Crippen molar-refractivity contribution < 1.29 is 9.18 Å². The van der Waals surface area contributed by atoms with Gasteiger partial charge in [0.1, 0.15) is 5.82 Å². The van der Waals surface area contributed by atoms with Crippen LogP contribution < -0.4 is 5.43 Å². The fourth-order valence-corrected chi connectivity index (χ4v) is 4.13. The summed E-state index contributed by atoms with van der Waals surface area (Å²) in [4.78, 5) is 12.9. The number of thiocarbonyl (C=S) groups is 1. The van der Waals surface area contributed by atoms with E-state index >= 15 is 0 Å². The summed E-state index contributed by atoms with van der Waals surface area (Å²) in [5, 5.41) is 1.98. The van der Waals surface area contributed by atoms with E-state index in [1.165, 1.54) is 24.3 Å². The quantitative estimate of drug-likeness (QED) is 0.474. The van der Waals surface area contributed by atoms with E-state index in [0.717, 1.165) is 16.8 Å². The Bertz CT molecular complexity index is 897. The smallest absolute Gasteiger partial charge is 0.285 e. The monoisotopic (exact) mass is 432 g/mol. The van der Waals surface area contributed by atoms with Gasteiger partial charge >= 0.3 is 0 Å². The molecule has 1 aliphatic heterocycles. The normalized spacial score (nSPS) is 16.0. The highest BCUT2D eigenvalue weighted by Gasteiger charge is 2.33. The van der Waals surface area contributed by atoms with Gasteiger partial charge in [-0.1, -0.05) is 64.8 Å². The number of nitrogens with one attached hydrogen (secondary N) is 1. The number of carbonyl (C=O) groups is 1. The summed E-state index contributed by atoms with van der Waals surface area (Å²) in [5.41, 5.74) is 3.40. The van der Waals surface area contributed by atoms with Crippen LogP contribution in [0.4, 0.5) is 10.1 Å². The molecule has 128 valence electrons. The summed E-state index contributed by atoms with van der Waals surface area (Å²) in [6.45, 7) is 0. The molecule has 0 aromatic heterocycles. The van der Waals surface area contributed by atoms with E-state index in [4.69, 9.17) is 47.0 Å². The molecular formula is C16H8Cl3FN2OS2. The van der Waals surface area contributed by atoms with Gasteiger partial charge in [-0.05, 0) is 36.5 Å². The first-order valence-electron chi connectivity index (χ1n) is 6.80. The molecule has 3 nitrogen and oxygen atoms in total. The summed E-state index contributed by atoms with van der Waals surface area (Å²) < 4.78 is 14.0. The highest BCUT2D eigenvalue weighted by Crippen LogP contribution is 2.38. The number of hydrogen-bond donors (Lipinski definition) is 1. The molecule has 2 aromatic rings. The standard InChI is InChI=1S/C16H8Cl3FN2OS2/c17-9-6-10(18)14(11(19)7-9)21-22-15(23)13(25-16(22)24)5-8-3-1-2-4-12(8)20/h1-7,21H/b13-5+. The van der Waals surface area contributed by atoms with Gasteiger partial charge in [-0.2, -0.15) is 0 Å². The number of hydrogen-bond acceptors (Lipinski definition) is 4. The minimum atomic E-state index is -0.430. The Morgan fingerprint density at radius 2 is 1.80 bits per heavy atom. The van der Waals surface area contributed by atoms with Crippen molar-refractivity contribution in [3.05, 3.63) is 67.8 Å². The lowest BCUT2D eigenvalue weighted by Gasteiger charge is -2.19. The molecule has 25 heavy (non-hydrogen) atoms. The van der Waals surface area contributed by atoms with Crippen LogP contribution in [0, 0.1) is 5.82 Å². The Hall–Kier alpha value is -1.31. The second-order valence-corrected chi connectivity index (χ2v) is 7.82. The summed E-state index contributed by atoms with van der Waals surface area (Å²) in [6.07, 6.45) is 1.45. The van der Waals surface area contributed by atoms with E-state index < -0.39 is 11.7 Å². The molecule has 1 aliphatic rings. The van der Waals surface area contributed by atoms with Crippen LogP contribution in [0.2, 0.25) is 15.1 Å². The van der Waals surface area contributed by atoms with Crippen LogP contribution in [0.1, 0.15) is 5.56 Å². The highest BCUT2D eigenvalue weighted by atomic mass is 35.5. The van der Waals surface area contributed by atoms with Gasteiger partial charge in [0.15, 0.2) is 4.32 Å². The number of benzene rings is 2. The van der Waals surface area contributed by atoms with Crippen LogP contribution in [0.15, 0.2) is 41.3 Å². The molecule has 9 heteroatoms. The van der Waals surface area contributed by atoms with Crippen molar-refractivity contribution in [2.24, 2.45) is 0 Å². The number of nitrogens with zero attached hydrogens (tertiary/aromatic N) is 1. The van der Waals surface area contributed by atoms with Crippen molar-refractivity contribution in [3.8, 4) is 0 Å². The van der Waals surface area contributed by atoms with Crippen molar-refractivity contribution >= 4 is 80.8 Å². The maximum atomic E-state index is 13.8. The highest BCUT2D eigenvalue weighted by molar-refractivity contribution is 8.26. The van der Waals surface area contributed by atoms with Crippen molar-refractivity contribution in [3.63, 3.8) is 0 Å². The molecule has 0 saturated carbocycles. The lowest BCUT2D eigenvalue weighted by Crippen LogP contribution is -2.34. The summed E-state index contributed by atoms with van der Waals surface area (Å²) in [5.74, 6) is -0.857. The van der Waals surface area contributed by atoms with E-state index in [-0.39, 0.29) is 19.3 Å². The molecule has 0 bridgehead atoms. The van der Waals surface area contributed by atoms with Crippen molar-refractivity contribution in [2.45, 2.75) is 0 Å². The average Bonchev–Trinajstić information content (AvgIpc) is 2.80. The molecule has 0 aliphatic carbocycles. The Morgan fingerprint density at radius 1 is 1.16 bits per heavy atom. The molecule has 0 atom stereocenters. The Balaban J connectivity index is 1.89. The van der Waals surface area contributed by atoms with Gasteiger partial charge in [-0.25, -0.2) is 9.40 Å². The van der Waals surface area contributed by atoms with Crippen LogP contribution in [-0.4, -0.2) is 15.2 Å². The van der Waals surface area contributed by atoms with Crippen LogP contribution >= 0.6 is 58.8 Å². The predicted molar refractivity (Wildman–Crippen MR) is 107 cm³/mol. The molecule has 1 fully saturated rings. The van der Waals surface area contributed by atoms with Gasteiger partial charge in [-0.15, -0.1) is 0 Å². The second-order valence-electron chi connectivity index (χ2n) is 4.89. The Labute approximate surface area is 167 Å². The lowest BCUT2D eigenvalue weighted by molar-refractivity contribution is -0.121. The Morgan fingerprint density at radius 3 is 2.44 bits per heavy atom. The zero-order valence-electron chi connectivity index (χ0n) is 12.2. The fourth-order valence-electron chi connectivity index (χ4n) is 2.06. The molecule has 3 rings (SSSR count). The van der Waals surface area contributed by atoms with Gasteiger partial charge in [0.05, 0.1) is 20.6 Å². The van der Waals surface area contributed by atoms with E-state index in [2.05, 4.69) is 5.43 Å². The first-order valence-corrected chi connectivity index (χ1v) is 9.16. The minimum Gasteiger partial charge on any atom is -0.287 e. The van der Waals surface area contributed by atoms with E-state index in [1.54, 1.807) is 18.2 Å². The number of carbonyl (C=O) groups excluding carboxylic acids is 1. The molecule has 0 radical (unpaired) electrons. The third kappa shape index (κ3) is 3.93. The second kappa shape index (κ2) is 7.51. The first kappa shape index (κ1) is 18.5. The van der Waals surface area contributed by atoms with Crippen molar-refractivity contribution in [1.29, 1.82) is 0 Å². The van der Waals surface area contributed by atoms with Crippen molar-refractivity contribution in [1.82, 2.24) is 5.01 Å². The minimum absolute atomic E-state index is 0.240. The third-order valence-corrected chi connectivity index (χ3v) is 5.33. The fraction of sp³-hybridized carbons (Fsp3) is 0. The maximum absolute atomic E-state index is 13.8. The maximum Gasteiger partial charge on any atom is 0.285 e. The zero-order chi connectivity index (χ0) is 18.1. The molecule has 2 aromatic carbocycles. The first-order chi connectivity index (χ1) is 11.9. The number of rotatable bonds is 3. The lowest BCUT2D eigenvalue weighted by atomic mass is 10.2. The van der Waals surface area contributed by atoms with Gasteiger partial charge < -0.3 is 0 Å². The topological polar surface area (TPSA) is 32.3 Å². The summed E-state index contributed by atoms with van der Waals surface area (Å²) in [6, 6.07) is 9.12. The van der Waals surface area contributed by atoms with E-state index in [9.17, 15) is 9.18 Å². The van der Waals surface area contributed by atoms with Crippen LogP contribution in [0.5, 0.6) is 0 Å². The van der Waals surface area contributed by atoms with Crippen LogP contribution in [0.3, 0.4) is 0 Å². The summed E-state index contributed by atoms with van der Waals surface area (Å²) in [7, 11) is 0. The molecule has 1 heterocycles. The molecule has 1 saturated heterocycles. The number of amides is 1. The average molecular weight is 434 g/mol. The zero-order valence-corrected chi connectivity index (χ0v) is 16.1. The van der Waals surface area contributed by atoms with Gasteiger partial charge in [0.2, 0.25) is 0 Å². The Kier molecular flexibility index (Phi) is 5.55. The largest absolute Gasteiger partial charge is 0.287 e. The van der Waals surface area contributed by atoms with Gasteiger partial charge in [0.25, 0.3) is 5.91 Å². The molecule has 0 unspecified atom stereocenters. The summed E-state index contributed by atoms with van der Waals surface area (Å²) >= 11 is 24.4. The van der Waals surface area contributed by atoms with Crippen LogP contribution in [0.25, 0.3) is 6.08 Å². The SMILES string of the molecule is O=C1/C(=C\c2ccccc2F)SC(=S)N1Nc1c(Cl)cc(Cl)cc1Cl. The number of thioether (sulfide) groups is 1. The van der Waals surface area contributed by atoms with Gasteiger partial charge in [0, 0.05) is 10.6 Å². The molecule has 1 N–H and O–H groups in total. The number of halogens is 4. The number of hydrazine groups is 1. The van der Waals surface area contributed by atoms with Gasteiger partial charge in [-0.3, -0.25) is 10.2 Å². The predicted octanol–water partition coefficient (Wildman–Crippen LogP) is 6.01. The third-order valence-electron chi connectivity index (χ3n) is 3.22. The molecular weight excluding hydrogens is 426 g/mol. The van der Waals surface area contributed by atoms with E-state index in [0.29, 0.717) is 16.3 Å².